The van der Waals surface area contributed by atoms with E-state index >= 15 is 0 Å². The van der Waals surface area contributed by atoms with E-state index in [1.165, 1.54) is 5.56 Å². The van der Waals surface area contributed by atoms with Gasteiger partial charge < -0.3 is 14.6 Å². The molecule has 4 heterocycles. The van der Waals surface area contributed by atoms with Gasteiger partial charge in [-0.05, 0) is 35.9 Å². The van der Waals surface area contributed by atoms with Crippen molar-refractivity contribution >= 4 is 34.2 Å². The smallest absolute Gasteiger partial charge is 0.170 e. The van der Waals surface area contributed by atoms with Crippen molar-refractivity contribution in [2.24, 2.45) is 9.98 Å². The van der Waals surface area contributed by atoms with Crippen molar-refractivity contribution in [2.75, 3.05) is 39.4 Å². The van der Waals surface area contributed by atoms with Crippen LogP contribution in [0.1, 0.15) is 27.9 Å². The molecule has 0 atom stereocenters. The van der Waals surface area contributed by atoms with E-state index in [2.05, 4.69) is 38.0 Å². The largest absolute Gasteiger partial charge is 0.379 e. The molecule has 1 saturated heterocycles. The van der Waals surface area contributed by atoms with Crippen LogP contribution in [0.5, 0.6) is 0 Å². The fraction of sp³-hybridized carbons (Fsp3) is 0.333. The van der Waals surface area contributed by atoms with Crippen molar-refractivity contribution in [2.45, 2.75) is 13.0 Å². The molecule has 1 N–H and O–H groups in total. The van der Waals surface area contributed by atoms with Gasteiger partial charge in [-0.2, -0.15) is 0 Å². The Kier molecular flexibility index (Phi) is 4.81. The summed E-state index contributed by atoms with van der Waals surface area (Å²) in [5, 5.41) is 0. The second-order valence-corrected chi connectivity index (χ2v) is 8.36. The molecule has 3 aromatic rings. The zero-order valence-corrected chi connectivity index (χ0v) is 17.8. The summed E-state index contributed by atoms with van der Waals surface area (Å²) in [5.41, 5.74) is 5.55. The van der Waals surface area contributed by atoms with E-state index in [0.717, 1.165) is 79.9 Å². The van der Waals surface area contributed by atoms with Crippen LogP contribution < -0.4 is 0 Å². The molecule has 0 spiro atoms. The van der Waals surface area contributed by atoms with E-state index < -0.39 is 0 Å². The minimum absolute atomic E-state index is 0.0411. The highest BCUT2D eigenvalue weighted by Crippen LogP contribution is 2.31. The Hall–Kier alpha value is -3.36. The molecule has 1 fully saturated rings. The molecular formula is C24H24N6O2. The van der Waals surface area contributed by atoms with Crippen molar-refractivity contribution in [1.29, 1.82) is 0 Å². The van der Waals surface area contributed by atoms with Gasteiger partial charge >= 0.3 is 0 Å². The van der Waals surface area contributed by atoms with E-state index in [-0.39, 0.29) is 12.2 Å². The lowest BCUT2D eigenvalue weighted by Gasteiger charge is -2.29. The minimum atomic E-state index is 0.0411. The van der Waals surface area contributed by atoms with Crippen LogP contribution in [0.15, 0.2) is 52.7 Å². The van der Waals surface area contributed by atoms with Crippen LogP contribution in [0, 0.1) is 0 Å². The third-order valence-electron chi connectivity index (χ3n) is 6.28. The van der Waals surface area contributed by atoms with E-state index in [0.29, 0.717) is 5.56 Å². The van der Waals surface area contributed by atoms with Gasteiger partial charge in [-0.1, -0.05) is 6.07 Å². The fourth-order valence-electron chi connectivity index (χ4n) is 4.59. The number of aliphatic imine (C=N–C) groups is 2. The number of fused-ring (bicyclic) bond motifs is 4. The number of aromatic nitrogens is 2. The van der Waals surface area contributed by atoms with Crippen molar-refractivity contribution in [1.82, 2.24) is 19.8 Å². The lowest BCUT2D eigenvalue weighted by Crippen LogP contribution is -2.38. The van der Waals surface area contributed by atoms with Crippen LogP contribution >= 0.6 is 0 Å². The number of aromatic amines is 1. The molecule has 0 radical (unpaired) electrons. The second-order valence-electron chi connectivity index (χ2n) is 8.36. The number of morpholine rings is 1. The zero-order valence-electron chi connectivity index (χ0n) is 17.8. The highest BCUT2D eigenvalue weighted by atomic mass is 16.5. The molecule has 2 aromatic carbocycles. The SMILES string of the molecule is O=C(CC1=Nc2cc(CN3CCOCC3)ccc2C2=NCCN12)c1ccc2nc[nH]c2c1. The Morgan fingerprint density at radius 2 is 2.00 bits per heavy atom. The average molecular weight is 428 g/mol. The van der Waals surface area contributed by atoms with Crippen molar-refractivity contribution in [3.8, 4) is 0 Å². The first-order valence-electron chi connectivity index (χ1n) is 11.0. The Morgan fingerprint density at radius 1 is 1.09 bits per heavy atom. The summed E-state index contributed by atoms with van der Waals surface area (Å²) in [6.07, 6.45) is 1.88. The number of ether oxygens (including phenoxy) is 1. The number of ketones is 1. The number of rotatable bonds is 5. The highest BCUT2D eigenvalue weighted by molar-refractivity contribution is 6.21. The van der Waals surface area contributed by atoms with E-state index in [4.69, 9.17) is 14.7 Å². The summed E-state index contributed by atoms with van der Waals surface area (Å²) in [6, 6.07) is 12.0. The maximum atomic E-state index is 13.1. The van der Waals surface area contributed by atoms with Crippen LogP contribution in [0.4, 0.5) is 5.69 Å². The van der Waals surface area contributed by atoms with Crippen LogP contribution in [0.25, 0.3) is 11.0 Å². The molecule has 0 unspecified atom stereocenters. The van der Waals surface area contributed by atoms with E-state index in [9.17, 15) is 4.79 Å². The molecule has 3 aliphatic heterocycles. The summed E-state index contributed by atoms with van der Waals surface area (Å²) in [5.74, 6) is 1.74. The number of nitrogens with one attached hydrogen (secondary N) is 1. The van der Waals surface area contributed by atoms with Gasteiger partial charge in [0.15, 0.2) is 5.78 Å². The number of Topliss-reactive ketones (excluding diaryl/α,β-unsaturated/α-hetero) is 1. The quantitative estimate of drug-likeness (QED) is 0.632. The molecular weight excluding hydrogens is 404 g/mol. The predicted molar refractivity (Wildman–Crippen MR) is 123 cm³/mol. The summed E-state index contributed by atoms with van der Waals surface area (Å²) in [6.45, 7) is 5.81. The Labute approximate surface area is 185 Å². The van der Waals surface area contributed by atoms with Crippen LogP contribution in [-0.4, -0.2) is 76.6 Å². The first kappa shape index (κ1) is 19.3. The molecule has 0 amide bonds. The molecule has 3 aliphatic rings. The fourth-order valence-corrected chi connectivity index (χ4v) is 4.59. The number of hydrogen-bond acceptors (Lipinski definition) is 7. The molecule has 0 saturated carbocycles. The summed E-state index contributed by atoms with van der Waals surface area (Å²) in [7, 11) is 0. The van der Waals surface area contributed by atoms with Crippen LogP contribution in [-0.2, 0) is 11.3 Å². The van der Waals surface area contributed by atoms with Gasteiger partial charge in [0.05, 0.1) is 49.2 Å². The summed E-state index contributed by atoms with van der Waals surface area (Å²) >= 11 is 0. The summed E-state index contributed by atoms with van der Waals surface area (Å²) < 4.78 is 5.46. The van der Waals surface area contributed by atoms with Crippen molar-refractivity contribution in [3.05, 3.63) is 59.4 Å². The van der Waals surface area contributed by atoms with Gasteiger partial charge in [-0.3, -0.25) is 14.7 Å². The first-order valence-corrected chi connectivity index (χ1v) is 11.0. The second kappa shape index (κ2) is 7.96. The van der Waals surface area contributed by atoms with Gasteiger partial charge in [-0.25, -0.2) is 9.98 Å². The maximum absolute atomic E-state index is 13.1. The van der Waals surface area contributed by atoms with E-state index in [1.54, 1.807) is 6.33 Å². The minimum Gasteiger partial charge on any atom is -0.379 e. The molecule has 162 valence electrons. The Balaban J connectivity index is 1.29. The molecule has 6 rings (SSSR count). The van der Waals surface area contributed by atoms with Crippen LogP contribution in [0.3, 0.4) is 0 Å². The number of carbonyl (C=O) groups is 1. The molecule has 8 heteroatoms. The molecule has 32 heavy (non-hydrogen) atoms. The standard InChI is InChI=1S/C24H24N6O2/c31-22(17-2-4-19-21(12-17)27-15-26-19)13-23-28-20-11-16(14-29-7-9-32-10-8-29)1-3-18(20)24-25-5-6-30(23)24/h1-4,11-12,15H,5-10,13-14H2,(H,26,27). The number of carbonyl (C=O) groups excluding carboxylic acids is 1. The zero-order chi connectivity index (χ0) is 21.5. The van der Waals surface area contributed by atoms with Gasteiger partial charge in [0.2, 0.25) is 0 Å². The van der Waals surface area contributed by atoms with Gasteiger partial charge in [0.1, 0.15) is 11.7 Å². The molecule has 1 aromatic heterocycles. The van der Waals surface area contributed by atoms with Crippen molar-refractivity contribution < 1.29 is 9.53 Å². The number of benzene rings is 2. The van der Waals surface area contributed by atoms with E-state index in [1.807, 2.05) is 18.2 Å². The summed E-state index contributed by atoms with van der Waals surface area (Å²) in [4.78, 5) is 34.6. The predicted octanol–water partition coefficient (Wildman–Crippen LogP) is 2.77. The number of H-pyrrole nitrogens is 1. The third-order valence-corrected chi connectivity index (χ3v) is 6.28. The number of hydrogen-bond donors (Lipinski definition) is 1. The van der Waals surface area contributed by atoms with Gasteiger partial charge in [-0.15, -0.1) is 0 Å². The van der Waals surface area contributed by atoms with Crippen molar-refractivity contribution in [3.63, 3.8) is 0 Å². The van der Waals surface area contributed by atoms with Crippen LogP contribution in [0.2, 0.25) is 0 Å². The maximum Gasteiger partial charge on any atom is 0.170 e. The van der Waals surface area contributed by atoms with Gasteiger partial charge in [0, 0.05) is 37.3 Å². The number of nitrogens with zero attached hydrogens (tertiary/aromatic N) is 5. The highest BCUT2D eigenvalue weighted by Gasteiger charge is 2.30. The average Bonchev–Trinajstić information content (AvgIpc) is 3.49. The Bertz CT molecular complexity index is 1250. The normalized spacial score (nSPS) is 18.3. The first-order chi connectivity index (χ1) is 15.7. The Morgan fingerprint density at radius 3 is 2.91 bits per heavy atom. The lowest BCUT2D eigenvalue weighted by molar-refractivity contribution is 0.0342. The molecule has 8 nitrogen and oxygen atoms in total. The molecule has 0 bridgehead atoms. The van der Waals surface area contributed by atoms with Gasteiger partial charge in [0.25, 0.3) is 0 Å². The topological polar surface area (TPSA) is 86.2 Å². The molecule has 0 aliphatic carbocycles. The lowest BCUT2D eigenvalue weighted by atomic mass is 10.0. The third kappa shape index (κ3) is 3.51. The number of imidazole rings is 1. The monoisotopic (exact) mass is 428 g/mol. The number of amidine groups is 2.